The summed E-state index contributed by atoms with van der Waals surface area (Å²) in [5.74, 6) is 2.84. The van der Waals surface area contributed by atoms with Crippen molar-refractivity contribution in [1.29, 1.82) is 0 Å². The number of hydrogen-bond acceptors (Lipinski definition) is 7. The van der Waals surface area contributed by atoms with Gasteiger partial charge in [0.25, 0.3) is 0 Å². The average Bonchev–Trinajstić information content (AvgIpc) is 3.48. The molecule has 0 heterocycles. The smallest absolute Gasteiger partial charge is 0.220 e. The molecule has 4 fully saturated rings. The van der Waals surface area contributed by atoms with Crippen LogP contribution in [0.15, 0.2) is 0 Å². The second-order valence-electron chi connectivity index (χ2n) is 18.0. The lowest BCUT2D eigenvalue weighted by atomic mass is 9.42. The van der Waals surface area contributed by atoms with Crippen LogP contribution in [0.5, 0.6) is 0 Å². The van der Waals surface area contributed by atoms with Gasteiger partial charge >= 0.3 is 0 Å². The molecule has 10 nitrogen and oxygen atoms in total. The number of amides is 3. The lowest BCUT2D eigenvalue weighted by Crippen LogP contribution is -2.67. The van der Waals surface area contributed by atoms with Crippen LogP contribution >= 0.6 is 0 Å². The number of nitrogens with one attached hydrogen (secondary N) is 3. The number of aliphatic hydroxyl groups excluding tert-OH is 1. The first-order valence-corrected chi connectivity index (χ1v) is 21.6. The lowest BCUT2D eigenvalue weighted by molar-refractivity contribution is -0.154. The molecule has 0 bridgehead atoms. The number of rotatable bonds is 22. The van der Waals surface area contributed by atoms with Gasteiger partial charge in [0, 0.05) is 44.0 Å². The van der Waals surface area contributed by atoms with Gasteiger partial charge in [0.2, 0.25) is 17.7 Å². The molecular weight excluding hydrogens is 652 g/mol. The van der Waals surface area contributed by atoms with Crippen LogP contribution in [-0.2, 0) is 14.4 Å². The molecule has 52 heavy (non-hydrogen) atoms. The summed E-state index contributed by atoms with van der Waals surface area (Å²) in [5, 5.41) is 20.5. The maximum absolute atomic E-state index is 13.7. The van der Waals surface area contributed by atoms with E-state index in [2.05, 4.69) is 36.7 Å². The molecule has 4 aliphatic rings. The van der Waals surface area contributed by atoms with Crippen LogP contribution < -0.4 is 33.2 Å². The van der Waals surface area contributed by atoms with Crippen molar-refractivity contribution in [2.45, 2.75) is 174 Å². The first-order chi connectivity index (χ1) is 25.0. The Kier molecular flexibility index (Phi) is 17.2. The molecular formula is C42H78N6O4. The number of carbonyl (C=O) groups excluding carboxylic acids is 3. The summed E-state index contributed by atoms with van der Waals surface area (Å²) in [6.45, 7) is 9.53. The molecule has 0 aromatic carbocycles. The molecule has 0 spiro atoms. The van der Waals surface area contributed by atoms with Crippen LogP contribution in [-0.4, -0.2) is 67.2 Å². The van der Waals surface area contributed by atoms with Crippen molar-refractivity contribution in [2.24, 2.45) is 63.5 Å². The van der Waals surface area contributed by atoms with Crippen LogP contribution in [0.3, 0.4) is 0 Å². The predicted octanol–water partition coefficient (Wildman–Crippen LogP) is 5.29. The first-order valence-electron chi connectivity index (χ1n) is 21.6. The van der Waals surface area contributed by atoms with E-state index in [-0.39, 0.29) is 53.3 Å². The van der Waals surface area contributed by atoms with Crippen LogP contribution in [0.2, 0.25) is 0 Å². The standard InChI is InChI=1S/C42H78N6O4/c1-29(14-13-25-49)32-18-19-33-40-34(28-36(42(32,33)3)48-39(52)17-9-6-12-24-45)41(2)21-20-31(46-37(50)15-7-4-10-22-43)26-30(41)27-35(40)47-38(51)16-8-5-11-23-44/h29-36,40,49H,4-28,43-45H2,1-3H3,(H,46,50)(H,47,51)(H,48,52)/t29-,30?,31-,32?,33+,34+,35-,36+,40?,41+,42-/m1/s1. The lowest BCUT2D eigenvalue weighted by Gasteiger charge is -2.65. The van der Waals surface area contributed by atoms with Crippen molar-refractivity contribution >= 4 is 17.7 Å². The third-order valence-corrected chi connectivity index (χ3v) is 14.8. The van der Waals surface area contributed by atoms with E-state index in [0.29, 0.717) is 74.4 Å². The van der Waals surface area contributed by atoms with E-state index in [1.54, 1.807) is 0 Å². The molecule has 0 saturated heterocycles. The Labute approximate surface area is 316 Å². The third-order valence-electron chi connectivity index (χ3n) is 14.8. The zero-order valence-electron chi connectivity index (χ0n) is 33.3. The van der Waals surface area contributed by atoms with Crippen molar-refractivity contribution in [2.75, 3.05) is 26.2 Å². The number of unbranched alkanes of at least 4 members (excludes halogenated alkanes) is 6. The summed E-state index contributed by atoms with van der Waals surface area (Å²) >= 11 is 0. The quantitative estimate of drug-likeness (QED) is 0.0739. The number of aliphatic hydroxyl groups is 1. The highest BCUT2D eigenvalue weighted by atomic mass is 16.3. The summed E-state index contributed by atoms with van der Waals surface area (Å²) in [7, 11) is 0. The Morgan fingerprint density at radius 1 is 0.692 bits per heavy atom. The van der Waals surface area contributed by atoms with Crippen LogP contribution in [0.1, 0.15) is 156 Å². The highest BCUT2D eigenvalue weighted by Gasteiger charge is 2.66. The highest BCUT2D eigenvalue weighted by molar-refractivity contribution is 5.77. The fourth-order valence-corrected chi connectivity index (χ4v) is 12.0. The molecule has 10 heteroatoms. The normalized spacial score (nSPS) is 34.4. The molecule has 11 atom stereocenters. The maximum Gasteiger partial charge on any atom is 0.220 e. The van der Waals surface area contributed by atoms with Gasteiger partial charge in [-0.1, -0.05) is 40.0 Å². The van der Waals surface area contributed by atoms with Gasteiger partial charge in [-0.15, -0.1) is 0 Å². The Hall–Kier alpha value is -1.75. The minimum absolute atomic E-state index is 0.0685. The summed E-state index contributed by atoms with van der Waals surface area (Å²) in [6.07, 6.45) is 18.9. The molecule has 0 radical (unpaired) electrons. The topological polar surface area (TPSA) is 186 Å². The van der Waals surface area contributed by atoms with Crippen molar-refractivity contribution in [3.63, 3.8) is 0 Å². The zero-order valence-corrected chi connectivity index (χ0v) is 33.3. The monoisotopic (exact) mass is 731 g/mol. The minimum Gasteiger partial charge on any atom is -0.396 e. The van der Waals surface area contributed by atoms with E-state index in [1.807, 2.05) is 0 Å². The Morgan fingerprint density at radius 2 is 1.27 bits per heavy atom. The molecule has 3 unspecified atom stereocenters. The second-order valence-corrected chi connectivity index (χ2v) is 18.0. The average molecular weight is 731 g/mol. The minimum atomic E-state index is -0.0919. The number of carbonyl (C=O) groups is 3. The number of fused-ring (bicyclic) bond motifs is 5. The van der Waals surface area contributed by atoms with Crippen molar-refractivity contribution in [3.8, 4) is 0 Å². The predicted molar refractivity (Wildman–Crippen MR) is 210 cm³/mol. The van der Waals surface area contributed by atoms with Crippen LogP contribution in [0, 0.1) is 46.3 Å². The van der Waals surface area contributed by atoms with Gasteiger partial charge in [-0.25, -0.2) is 0 Å². The fraction of sp³-hybridized carbons (Fsp3) is 0.929. The van der Waals surface area contributed by atoms with Gasteiger partial charge in [-0.05, 0) is 162 Å². The van der Waals surface area contributed by atoms with Gasteiger partial charge in [-0.3, -0.25) is 14.4 Å². The van der Waals surface area contributed by atoms with Gasteiger partial charge < -0.3 is 38.3 Å². The van der Waals surface area contributed by atoms with Gasteiger partial charge in [0.05, 0.1) is 0 Å². The largest absolute Gasteiger partial charge is 0.396 e. The van der Waals surface area contributed by atoms with E-state index in [9.17, 15) is 19.5 Å². The van der Waals surface area contributed by atoms with Crippen molar-refractivity contribution < 1.29 is 19.5 Å². The van der Waals surface area contributed by atoms with E-state index in [4.69, 9.17) is 17.2 Å². The molecule has 4 aliphatic carbocycles. The van der Waals surface area contributed by atoms with E-state index in [0.717, 1.165) is 116 Å². The summed E-state index contributed by atoms with van der Waals surface area (Å²) < 4.78 is 0. The number of nitrogens with two attached hydrogens (primary N) is 3. The maximum atomic E-state index is 13.7. The van der Waals surface area contributed by atoms with E-state index >= 15 is 0 Å². The molecule has 3 amide bonds. The van der Waals surface area contributed by atoms with E-state index < -0.39 is 0 Å². The summed E-state index contributed by atoms with van der Waals surface area (Å²) in [4.78, 5) is 40.4. The number of hydrogen-bond donors (Lipinski definition) is 7. The molecule has 0 aliphatic heterocycles. The third kappa shape index (κ3) is 10.5. The molecule has 10 N–H and O–H groups in total. The van der Waals surface area contributed by atoms with Gasteiger partial charge in [-0.2, -0.15) is 0 Å². The van der Waals surface area contributed by atoms with Crippen molar-refractivity contribution in [1.82, 2.24) is 16.0 Å². The van der Waals surface area contributed by atoms with Gasteiger partial charge in [0.15, 0.2) is 0 Å². The molecule has 0 aromatic rings. The molecule has 4 rings (SSSR count). The van der Waals surface area contributed by atoms with Crippen LogP contribution in [0.25, 0.3) is 0 Å². The Balaban J connectivity index is 1.62. The summed E-state index contributed by atoms with van der Waals surface area (Å²) in [5.41, 5.74) is 17.1. The first kappa shape index (κ1) is 43.0. The molecule has 300 valence electrons. The van der Waals surface area contributed by atoms with Crippen LogP contribution in [0.4, 0.5) is 0 Å². The molecule has 0 aromatic heterocycles. The Bertz CT molecular complexity index is 1120. The molecule has 4 saturated carbocycles. The Morgan fingerprint density at radius 3 is 1.85 bits per heavy atom. The SMILES string of the molecule is C[C@H](CCCO)C1CC[C@H]2C3[C@H](NC(=O)CCCCCN)CC4C[C@H](NC(=O)CCCCCN)CC[C@]4(C)[C@H]3C[C@H](NC(=O)CCCCCN)[C@]12C. The fourth-order valence-electron chi connectivity index (χ4n) is 12.0. The van der Waals surface area contributed by atoms with Crippen molar-refractivity contribution in [3.05, 3.63) is 0 Å². The second kappa shape index (κ2) is 20.8. The summed E-state index contributed by atoms with van der Waals surface area (Å²) in [6, 6.07) is 0.309. The van der Waals surface area contributed by atoms with Gasteiger partial charge in [0.1, 0.15) is 0 Å². The highest BCUT2D eigenvalue weighted by Crippen LogP contribution is 2.68. The van der Waals surface area contributed by atoms with E-state index in [1.165, 1.54) is 0 Å². The zero-order chi connectivity index (χ0) is 37.7.